The minimum Gasteiger partial charge on any atom is -0.457 e. The molecule has 1 aliphatic heterocycles. The molecular weight excluding hydrogens is 377 g/mol. The van der Waals surface area contributed by atoms with Crippen LogP contribution in [0.25, 0.3) is 0 Å². The van der Waals surface area contributed by atoms with E-state index in [2.05, 4.69) is 0 Å². The zero-order valence-corrected chi connectivity index (χ0v) is 12.7. The highest BCUT2D eigenvalue weighted by atomic mass is 32.2. The summed E-state index contributed by atoms with van der Waals surface area (Å²) in [5.74, 6) is -3.40. The Labute approximate surface area is 138 Å². The first kappa shape index (κ1) is 17.7. The zero-order chi connectivity index (χ0) is 18.5. The lowest BCUT2D eigenvalue weighted by Crippen LogP contribution is -2.22. The second-order valence-corrected chi connectivity index (χ2v) is 6.59. The van der Waals surface area contributed by atoms with Gasteiger partial charge in [-0.1, -0.05) is 6.07 Å². The first-order valence-electron chi connectivity index (χ1n) is 6.65. The number of ether oxygens (including phenoxy) is 1. The van der Waals surface area contributed by atoms with E-state index < -0.39 is 67.8 Å². The second kappa shape index (κ2) is 6.01. The van der Waals surface area contributed by atoms with E-state index in [1.54, 1.807) is 0 Å². The molecular formula is C15H7F7O2S. The highest BCUT2D eigenvalue weighted by Crippen LogP contribution is 2.53. The van der Waals surface area contributed by atoms with Crippen LogP contribution in [0.1, 0.15) is 23.7 Å². The molecule has 1 heterocycles. The van der Waals surface area contributed by atoms with E-state index in [-0.39, 0.29) is 0 Å². The Balaban J connectivity index is 2.14. The van der Waals surface area contributed by atoms with Gasteiger partial charge in [-0.2, -0.15) is 8.78 Å². The normalized spacial score (nSPS) is 21.4. The topological polar surface area (TPSA) is 26.3 Å². The molecule has 3 rings (SSSR count). The van der Waals surface area contributed by atoms with Crippen LogP contribution in [-0.2, 0) is 10.8 Å². The molecule has 0 aliphatic carbocycles. The van der Waals surface area contributed by atoms with Crippen LogP contribution < -0.4 is 4.74 Å². The molecule has 2 aromatic carbocycles. The summed E-state index contributed by atoms with van der Waals surface area (Å²) in [6.45, 7) is 0. The van der Waals surface area contributed by atoms with Crippen molar-refractivity contribution in [2.75, 3.05) is 0 Å². The standard InChI is InChI=1S/C15H7F7O2S/c16-6-3-7(17)5-8(4-6)24-10-2-1-9-12(11(10)14(19)20)25(23)15(21,22)13(9)18/h1-5,13-14H/t13-,25?/m1/s1. The van der Waals surface area contributed by atoms with Crippen LogP contribution in [0, 0.1) is 11.6 Å². The Bertz CT molecular complexity index is 849. The lowest BCUT2D eigenvalue weighted by atomic mass is 10.1. The first-order chi connectivity index (χ1) is 11.6. The van der Waals surface area contributed by atoms with Gasteiger partial charge in [-0.15, -0.1) is 0 Å². The van der Waals surface area contributed by atoms with Crippen LogP contribution in [0.5, 0.6) is 11.5 Å². The third-order valence-electron chi connectivity index (χ3n) is 3.47. The minimum absolute atomic E-state index is 0.507. The molecule has 2 atom stereocenters. The molecule has 10 heteroatoms. The van der Waals surface area contributed by atoms with Crippen LogP contribution in [0.4, 0.5) is 30.7 Å². The van der Waals surface area contributed by atoms with Crippen molar-refractivity contribution < 1.29 is 39.7 Å². The van der Waals surface area contributed by atoms with Crippen molar-refractivity contribution in [2.45, 2.75) is 22.7 Å². The average molecular weight is 384 g/mol. The number of rotatable bonds is 3. The van der Waals surface area contributed by atoms with Crippen LogP contribution >= 0.6 is 0 Å². The number of hydrogen-bond donors (Lipinski definition) is 0. The molecule has 0 spiro atoms. The molecule has 0 saturated carbocycles. The Hall–Kier alpha value is -2.10. The van der Waals surface area contributed by atoms with Gasteiger partial charge in [0.05, 0.1) is 10.5 Å². The molecule has 0 fully saturated rings. The zero-order valence-electron chi connectivity index (χ0n) is 11.9. The van der Waals surface area contributed by atoms with Gasteiger partial charge in [0, 0.05) is 23.8 Å². The maximum atomic E-state index is 13.7. The summed E-state index contributed by atoms with van der Waals surface area (Å²) in [7, 11) is -3.36. The fourth-order valence-corrected chi connectivity index (χ4v) is 3.79. The van der Waals surface area contributed by atoms with Crippen molar-refractivity contribution in [3.63, 3.8) is 0 Å². The lowest BCUT2D eigenvalue weighted by molar-refractivity contribution is 0.0143. The predicted molar refractivity (Wildman–Crippen MR) is 73.0 cm³/mol. The molecule has 134 valence electrons. The Morgan fingerprint density at radius 1 is 1.08 bits per heavy atom. The Morgan fingerprint density at radius 2 is 1.68 bits per heavy atom. The van der Waals surface area contributed by atoms with Crippen molar-refractivity contribution in [2.24, 2.45) is 0 Å². The smallest absolute Gasteiger partial charge is 0.360 e. The number of halogens is 7. The summed E-state index contributed by atoms with van der Waals surface area (Å²) in [5, 5.41) is -4.37. The van der Waals surface area contributed by atoms with Crippen LogP contribution in [0.2, 0.25) is 0 Å². The lowest BCUT2D eigenvalue weighted by Gasteiger charge is -2.14. The molecule has 0 saturated heterocycles. The van der Waals surface area contributed by atoms with E-state index in [1.807, 2.05) is 0 Å². The summed E-state index contributed by atoms with van der Waals surface area (Å²) in [6.07, 6.45) is -6.45. The van der Waals surface area contributed by atoms with Crippen LogP contribution in [0.15, 0.2) is 35.2 Å². The summed E-state index contributed by atoms with van der Waals surface area (Å²) in [6, 6.07) is 3.35. The maximum absolute atomic E-state index is 13.7. The maximum Gasteiger partial charge on any atom is 0.360 e. The first-order valence-corrected chi connectivity index (χ1v) is 7.80. The summed E-state index contributed by atoms with van der Waals surface area (Å²) in [5.41, 5.74) is -2.04. The predicted octanol–water partition coefficient (Wildman–Crippen LogP) is 5.42. The van der Waals surface area contributed by atoms with Gasteiger partial charge in [0.1, 0.15) is 33.9 Å². The highest BCUT2D eigenvalue weighted by molar-refractivity contribution is 7.86. The summed E-state index contributed by atoms with van der Waals surface area (Å²) < 4.78 is 111. The van der Waals surface area contributed by atoms with Crippen molar-refractivity contribution in [3.05, 3.63) is 53.1 Å². The fourth-order valence-electron chi connectivity index (χ4n) is 2.43. The molecule has 0 N–H and O–H groups in total. The quantitative estimate of drug-likeness (QED) is 0.661. The monoisotopic (exact) mass is 384 g/mol. The van der Waals surface area contributed by atoms with Gasteiger partial charge in [0.2, 0.25) is 6.17 Å². The van der Waals surface area contributed by atoms with Crippen molar-refractivity contribution in [1.82, 2.24) is 0 Å². The van der Waals surface area contributed by atoms with Gasteiger partial charge < -0.3 is 4.74 Å². The average Bonchev–Trinajstić information content (AvgIpc) is 2.67. The molecule has 0 radical (unpaired) electrons. The Kier molecular flexibility index (Phi) is 4.26. The number of hydrogen-bond acceptors (Lipinski definition) is 2. The van der Waals surface area contributed by atoms with Gasteiger partial charge in [-0.05, 0) is 6.07 Å². The number of fused-ring (bicyclic) bond motifs is 1. The summed E-state index contributed by atoms with van der Waals surface area (Å²) in [4.78, 5) is -1.07. The molecule has 25 heavy (non-hydrogen) atoms. The minimum atomic E-state index is -4.37. The molecule has 0 amide bonds. The van der Waals surface area contributed by atoms with E-state index in [9.17, 15) is 34.9 Å². The largest absolute Gasteiger partial charge is 0.457 e. The molecule has 2 aromatic rings. The SMILES string of the molecule is O=S1c2c(ccc(Oc3cc(F)cc(F)c3)c2C(F)F)[C@@H](F)C1(F)F. The molecule has 0 bridgehead atoms. The van der Waals surface area contributed by atoms with Gasteiger partial charge >= 0.3 is 5.25 Å². The third kappa shape index (κ3) is 2.88. The van der Waals surface area contributed by atoms with Crippen molar-refractivity contribution in [3.8, 4) is 11.5 Å². The second-order valence-electron chi connectivity index (χ2n) is 5.10. The van der Waals surface area contributed by atoms with Gasteiger partial charge in [-0.3, -0.25) is 0 Å². The van der Waals surface area contributed by atoms with Gasteiger partial charge in [0.25, 0.3) is 6.43 Å². The number of alkyl halides is 5. The Morgan fingerprint density at radius 3 is 2.24 bits per heavy atom. The van der Waals surface area contributed by atoms with Crippen LogP contribution in [0.3, 0.4) is 0 Å². The van der Waals surface area contributed by atoms with Gasteiger partial charge in [-0.25, -0.2) is 26.2 Å². The number of benzene rings is 2. The molecule has 1 aliphatic rings. The van der Waals surface area contributed by atoms with E-state index >= 15 is 0 Å². The van der Waals surface area contributed by atoms with Crippen molar-refractivity contribution >= 4 is 10.8 Å². The highest BCUT2D eigenvalue weighted by Gasteiger charge is 2.57. The van der Waals surface area contributed by atoms with Crippen LogP contribution in [-0.4, -0.2) is 9.46 Å². The van der Waals surface area contributed by atoms with Crippen molar-refractivity contribution in [1.29, 1.82) is 0 Å². The van der Waals surface area contributed by atoms with Gasteiger partial charge in [0.15, 0.2) is 0 Å². The van der Waals surface area contributed by atoms with E-state index in [0.29, 0.717) is 18.2 Å². The molecule has 1 unspecified atom stereocenters. The summed E-state index contributed by atoms with van der Waals surface area (Å²) >= 11 is 0. The third-order valence-corrected chi connectivity index (χ3v) is 5.00. The fraction of sp³-hybridized carbons (Fsp3) is 0.200. The van der Waals surface area contributed by atoms with E-state index in [0.717, 1.165) is 12.1 Å². The molecule has 0 aromatic heterocycles. The molecule has 2 nitrogen and oxygen atoms in total. The van der Waals surface area contributed by atoms with E-state index in [1.165, 1.54) is 0 Å². The van der Waals surface area contributed by atoms with E-state index in [4.69, 9.17) is 4.74 Å².